The van der Waals surface area contributed by atoms with Crippen LogP contribution in [0.15, 0.2) is 48.7 Å². The van der Waals surface area contributed by atoms with Gasteiger partial charge in [0.25, 0.3) is 0 Å². The van der Waals surface area contributed by atoms with Gasteiger partial charge in [0.1, 0.15) is 11.5 Å². The number of hydrogen-bond donors (Lipinski definition) is 0. The lowest BCUT2D eigenvalue weighted by Crippen LogP contribution is -2.33. The first-order valence-electron chi connectivity index (χ1n) is 11.5. The van der Waals surface area contributed by atoms with Crippen LogP contribution in [0, 0.1) is 5.92 Å². The highest BCUT2D eigenvalue weighted by molar-refractivity contribution is 6.01. The fourth-order valence-electron chi connectivity index (χ4n) is 4.75. The summed E-state index contributed by atoms with van der Waals surface area (Å²) in [6.45, 7) is 5.19. The second kappa shape index (κ2) is 8.23. The SMILES string of the molecule is CC[C@]1(C)OCc2cc(C(=O)CC3CCn4nc(-c5ccccc5)cc4N(C)C3=O)ncc21. The molecule has 0 spiro atoms. The van der Waals surface area contributed by atoms with Crippen LogP contribution >= 0.6 is 0 Å². The van der Waals surface area contributed by atoms with Gasteiger partial charge in [0, 0.05) is 49.3 Å². The van der Waals surface area contributed by atoms with Crippen LogP contribution in [0.1, 0.15) is 54.7 Å². The Morgan fingerprint density at radius 2 is 2.03 bits per heavy atom. The van der Waals surface area contributed by atoms with E-state index in [-0.39, 0.29) is 23.7 Å². The van der Waals surface area contributed by atoms with Crippen LogP contribution < -0.4 is 4.90 Å². The van der Waals surface area contributed by atoms with Crippen molar-refractivity contribution in [3.63, 3.8) is 0 Å². The molecule has 5 rings (SSSR count). The summed E-state index contributed by atoms with van der Waals surface area (Å²) < 4.78 is 7.80. The Kier molecular flexibility index (Phi) is 5.37. The van der Waals surface area contributed by atoms with Crippen LogP contribution in [0.3, 0.4) is 0 Å². The number of benzene rings is 1. The summed E-state index contributed by atoms with van der Waals surface area (Å²) in [6.07, 6.45) is 3.30. The number of ketones is 1. The van der Waals surface area contributed by atoms with Gasteiger partial charge < -0.3 is 4.74 Å². The maximum absolute atomic E-state index is 13.2. The van der Waals surface area contributed by atoms with E-state index in [2.05, 4.69) is 18.8 Å². The van der Waals surface area contributed by atoms with E-state index in [1.165, 1.54) is 0 Å². The molecule has 170 valence electrons. The van der Waals surface area contributed by atoms with Gasteiger partial charge in [-0.1, -0.05) is 37.3 Å². The zero-order chi connectivity index (χ0) is 23.2. The largest absolute Gasteiger partial charge is 0.366 e. The van der Waals surface area contributed by atoms with Crippen molar-refractivity contribution < 1.29 is 14.3 Å². The van der Waals surface area contributed by atoms with Gasteiger partial charge in [0.15, 0.2) is 5.78 Å². The van der Waals surface area contributed by atoms with Gasteiger partial charge in [-0.05, 0) is 31.4 Å². The van der Waals surface area contributed by atoms with Gasteiger partial charge in [-0.15, -0.1) is 0 Å². The lowest BCUT2D eigenvalue weighted by Gasteiger charge is -2.22. The summed E-state index contributed by atoms with van der Waals surface area (Å²) in [5, 5.41) is 4.71. The van der Waals surface area contributed by atoms with E-state index >= 15 is 0 Å². The number of amides is 1. The van der Waals surface area contributed by atoms with Crippen molar-refractivity contribution in [2.75, 3.05) is 11.9 Å². The van der Waals surface area contributed by atoms with Gasteiger partial charge in [0.2, 0.25) is 5.91 Å². The average molecular weight is 445 g/mol. The Morgan fingerprint density at radius 1 is 1.24 bits per heavy atom. The molecule has 3 aromatic rings. The molecular formula is C26H28N4O3. The van der Waals surface area contributed by atoms with Crippen LogP contribution in [0.2, 0.25) is 0 Å². The van der Waals surface area contributed by atoms with Gasteiger partial charge in [-0.2, -0.15) is 5.10 Å². The number of aryl methyl sites for hydroxylation is 1. The molecule has 2 aliphatic rings. The quantitative estimate of drug-likeness (QED) is 0.547. The van der Waals surface area contributed by atoms with Gasteiger partial charge in [0.05, 0.1) is 17.9 Å². The summed E-state index contributed by atoms with van der Waals surface area (Å²) >= 11 is 0. The van der Waals surface area contributed by atoms with Gasteiger partial charge in [-0.3, -0.25) is 19.5 Å². The van der Waals surface area contributed by atoms with Crippen molar-refractivity contribution >= 4 is 17.5 Å². The van der Waals surface area contributed by atoms with E-state index < -0.39 is 5.92 Å². The highest BCUT2D eigenvalue weighted by atomic mass is 16.5. The first-order valence-corrected chi connectivity index (χ1v) is 11.5. The Balaban J connectivity index is 1.33. The molecule has 2 aliphatic heterocycles. The molecule has 7 nitrogen and oxygen atoms in total. The number of fused-ring (bicyclic) bond motifs is 2. The number of hydrogen-bond acceptors (Lipinski definition) is 5. The number of aromatic nitrogens is 3. The number of rotatable bonds is 5. The Labute approximate surface area is 193 Å². The minimum Gasteiger partial charge on any atom is -0.366 e. The van der Waals surface area contributed by atoms with E-state index in [1.54, 1.807) is 18.1 Å². The van der Waals surface area contributed by atoms with Crippen LogP contribution in [0.5, 0.6) is 0 Å². The van der Waals surface area contributed by atoms with Gasteiger partial charge >= 0.3 is 0 Å². The molecule has 7 heteroatoms. The highest BCUT2D eigenvalue weighted by Gasteiger charge is 2.36. The molecule has 1 amide bonds. The van der Waals surface area contributed by atoms with E-state index in [4.69, 9.17) is 9.84 Å². The Bertz CT molecular complexity index is 1220. The fraction of sp³-hybridized carbons (Fsp3) is 0.385. The van der Waals surface area contributed by atoms with Crippen molar-refractivity contribution in [3.05, 3.63) is 65.5 Å². The molecule has 0 N–H and O–H groups in total. The normalized spacial score (nSPS) is 22.1. The molecule has 1 unspecified atom stereocenters. The molecule has 4 heterocycles. The molecule has 0 radical (unpaired) electrons. The Morgan fingerprint density at radius 3 is 2.79 bits per heavy atom. The zero-order valence-electron chi connectivity index (χ0n) is 19.2. The summed E-state index contributed by atoms with van der Waals surface area (Å²) in [5.41, 5.74) is 3.96. The maximum Gasteiger partial charge on any atom is 0.231 e. The van der Waals surface area contributed by atoms with E-state index in [9.17, 15) is 9.59 Å². The highest BCUT2D eigenvalue weighted by Crippen LogP contribution is 2.38. The van der Waals surface area contributed by atoms with Crippen LogP contribution in [-0.4, -0.2) is 33.5 Å². The lowest BCUT2D eigenvalue weighted by atomic mass is 9.92. The minimum atomic E-state index is -0.406. The molecule has 1 aromatic carbocycles. The van der Waals surface area contributed by atoms with E-state index in [0.717, 1.165) is 34.6 Å². The molecule has 0 fully saturated rings. The monoisotopic (exact) mass is 444 g/mol. The van der Waals surface area contributed by atoms with Crippen LogP contribution in [0.4, 0.5) is 5.82 Å². The topological polar surface area (TPSA) is 77.3 Å². The summed E-state index contributed by atoms with van der Waals surface area (Å²) in [5.74, 6) is 0.167. The predicted octanol–water partition coefficient (Wildman–Crippen LogP) is 4.36. The minimum absolute atomic E-state index is 0.0651. The Hall–Kier alpha value is -3.32. The molecule has 0 saturated heterocycles. The number of carbonyl (C=O) groups excluding carboxylic acids is 2. The third-order valence-corrected chi connectivity index (χ3v) is 7.04. The van der Waals surface area contributed by atoms with Crippen LogP contribution in [-0.2, 0) is 28.3 Å². The molecule has 2 aromatic heterocycles. The summed E-state index contributed by atoms with van der Waals surface area (Å²) in [6, 6.07) is 13.7. The van der Waals surface area contributed by atoms with Crippen molar-refractivity contribution in [2.24, 2.45) is 5.92 Å². The average Bonchev–Trinajstić information content (AvgIpc) is 3.40. The number of pyridine rings is 1. The van der Waals surface area contributed by atoms with Crippen molar-refractivity contribution in [2.45, 2.75) is 51.9 Å². The standard InChI is InChI=1S/C26H28N4O3/c1-4-26(2)20-15-27-22(12-19(20)16-33-26)23(31)13-18-10-11-30-24(29(3)25(18)32)14-21(28-30)17-8-6-5-7-9-17/h5-9,12,14-15,18H,4,10-11,13,16H2,1-3H3/t18?,26-/m0/s1. The van der Waals surface area contributed by atoms with E-state index in [1.807, 2.05) is 47.1 Å². The number of nitrogens with zero attached hydrogens (tertiary/aromatic N) is 4. The number of carbonyl (C=O) groups is 2. The molecule has 2 atom stereocenters. The zero-order valence-corrected chi connectivity index (χ0v) is 19.2. The summed E-state index contributed by atoms with van der Waals surface area (Å²) in [7, 11) is 1.75. The maximum atomic E-state index is 13.2. The molecular weight excluding hydrogens is 416 g/mol. The van der Waals surface area contributed by atoms with E-state index in [0.29, 0.717) is 25.3 Å². The smallest absolute Gasteiger partial charge is 0.231 e. The second-order valence-electron chi connectivity index (χ2n) is 9.09. The first kappa shape index (κ1) is 21.5. The second-order valence-corrected chi connectivity index (χ2v) is 9.09. The number of ether oxygens (including phenoxy) is 1. The predicted molar refractivity (Wildman–Crippen MR) is 125 cm³/mol. The molecule has 0 aliphatic carbocycles. The van der Waals surface area contributed by atoms with Gasteiger partial charge in [-0.25, -0.2) is 4.68 Å². The number of anilines is 1. The molecule has 0 saturated carbocycles. The van der Waals surface area contributed by atoms with Crippen molar-refractivity contribution in [3.8, 4) is 11.3 Å². The van der Waals surface area contributed by atoms with Crippen LogP contribution in [0.25, 0.3) is 11.3 Å². The first-order chi connectivity index (χ1) is 15.9. The summed E-state index contributed by atoms with van der Waals surface area (Å²) in [4.78, 5) is 32.3. The molecule has 0 bridgehead atoms. The number of Topliss-reactive ketones (excluding diaryl/α,β-unsaturated/α-hetero) is 1. The third-order valence-electron chi connectivity index (χ3n) is 7.04. The van der Waals surface area contributed by atoms with Crippen molar-refractivity contribution in [1.82, 2.24) is 14.8 Å². The lowest BCUT2D eigenvalue weighted by molar-refractivity contribution is -0.122. The molecule has 33 heavy (non-hydrogen) atoms. The fourth-order valence-corrected chi connectivity index (χ4v) is 4.75. The third kappa shape index (κ3) is 3.76. The van der Waals surface area contributed by atoms with Crippen molar-refractivity contribution in [1.29, 1.82) is 0 Å².